The molecule has 0 spiro atoms. The summed E-state index contributed by atoms with van der Waals surface area (Å²) in [5.74, 6) is 0. The maximum Gasteiger partial charge on any atom is 0.143 e. The van der Waals surface area contributed by atoms with Gasteiger partial charge in [0.2, 0.25) is 0 Å². The SMILES string of the molecule is Cc1nc2ccccn2c1CNc1cnc(Cl)c(Br)c1. The van der Waals surface area contributed by atoms with Crippen LogP contribution in [0, 0.1) is 6.92 Å². The highest BCUT2D eigenvalue weighted by molar-refractivity contribution is 9.10. The molecular weight excluding hydrogens is 340 g/mol. The number of halogens is 2. The number of aromatic nitrogens is 3. The van der Waals surface area contributed by atoms with Gasteiger partial charge in [-0.1, -0.05) is 17.7 Å². The molecule has 0 bridgehead atoms. The summed E-state index contributed by atoms with van der Waals surface area (Å²) in [6.07, 6.45) is 3.73. The lowest BCUT2D eigenvalue weighted by atomic mass is 10.3. The summed E-state index contributed by atoms with van der Waals surface area (Å²) in [4.78, 5) is 8.63. The summed E-state index contributed by atoms with van der Waals surface area (Å²) >= 11 is 9.25. The zero-order valence-electron chi connectivity index (χ0n) is 10.8. The van der Waals surface area contributed by atoms with Gasteiger partial charge in [0.05, 0.1) is 34.3 Å². The van der Waals surface area contributed by atoms with E-state index < -0.39 is 0 Å². The van der Waals surface area contributed by atoms with Crippen molar-refractivity contribution < 1.29 is 0 Å². The molecule has 0 radical (unpaired) electrons. The van der Waals surface area contributed by atoms with Crippen molar-refractivity contribution in [1.82, 2.24) is 14.4 Å². The highest BCUT2D eigenvalue weighted by Gasteiger charge is 2.08. The van der Waals surface area contributed by atoms with Gasteiger partial charge in [0, 0.05) is 6.20 Å². The number of aryl methyl sites for hydroxylation is 1. The van der Waals surface area contributed by atoms with Crippen molar-refractivity contribution in [2.45, 2.75) is 13.5 Å². The maximum absolute atomic E-state index is 5.88. The molecule has 0 saturated heterocycles. The minimum absolute atomic E-state index is 0.460. The van der Waals surface area contributed by atoms with Gasteiger partial charge in [-0.3, -0.25) is 0 Å². The van der Waals surface area contributed by atoms with Gasteiger partial charge in [-0.25, -0.2) is 9.97 Å². The van der Waals surface area contributed by atoms with Gasteiger partial charge in [0.15, 0.2) is 0 Å². The van der Waals surface area contributed by atoms with Gasteiger partial charge >= 0.3 is 0 Å². The molecule has 3 aromatic rings. The number of rotatable bonds is 3. The summed E-state index contributed by atoms with van der Waals surface area (Å²) in [5, 5.41) is 3.80. The maximum atomic E-state index is 5.88. The minimum Gasteiger partial charge on any atom is -0.378 e. The fourth-order valence-corrected chi connectivity index (χ4v) is 2.53. The topological polar surface area (TPSA) is 42.2 Å². The van der Waals surface area contributed by atoms with Crippen molar-refractivity contribution in [2.24, 2.45) is 0 Å². The second-order valence-corrected chi connectivity index (χ2v) is 5.64. The molecule has 102 valence electrons. The second-order valence-electron chi connectivity index (χ2n) is 4.42. The van der Waals surface area contributed by atoms with E-state index in [1.54, 1.807) is 6.20 Å². The van der Waals surface area contributed by atoms with Gasteiger partial charge in [0.1, 0.15) is 10.8 Å². The first-order chi connectivity index (χ1) is 9.65. The lowest BCUT2D eigenvalue weighted by molar-refractivity contribution is 0.984. The molecule has 20 heavy (non-hydrogen) atoms. The number of nitrogens with zero attached hydrogens (tertiary/aromatic N) is 3. The predicted molar refractivity (Wildman–Crippen MR) is 84.2 cm³/mol. The Kier molecular flexibility index (Phi) is 3.63. The Bertz CT molecular complexity index is 769. The van der Waals surface area contributed by atoms with Crippen LogP contribution in [0.5, 0.6) is 0 Å². The third kappa shape index (κ3) is 2.51. The summed E-state index contributed by atoms with van der Waals surface area (Å²) in [5.41, 5.74) is 4.01. The standard InChI is InChI=1S/C14H12BrClN4/c1-9-12(20-5-3-2-4-13(20)19-9)8-17-10-6-11(15)14(16)18-7-10/h2-7,17H,8H2,1H3. The molecule has 0 aliphatic rings. The minimum atomic E-state index is 0.460. The van der Waals surface area contributed by atoms with E-state index in [1.165, 1.54) is 0 Å². The summed E-state index contributed by atoms with van der Waals surface area (Å²) < 4.78 is 2.86. The van der Waals surface area contributed by atoms with Gasteiger partial charge in [-0.2, -0.15) is 0 Å². The van der Waals surface area contributed by atoms with Crippen LogP contribution in [0.25, 0.3) is 5.65 Å². The van der Waals surface area contributed by atoms with E-state index in [1.807, 2.05) is 37.4 Å². The number of pyridine rings is 2. The van der Waals surface area contributed by atoms with Crippen LogP contribution in [0.1, 0.15) is 11.4 Å². The van der Waals surface area contributed by atoms with Crippen LogP contribution in [0.3, 0.4) is 0 Å². The molecular formula is C14H12BrClN4. The Morgan fingerprint density at radius 3 is 3.05 bits per heavy atom. The number of nitrogens with one attached hydrogen (secondary N) is 1. The molecule has 0 aliphatic heterocycles. The second kappa shape index (κ2) is 5.42. The highest BCUT2D eigenvalue weighted by Crippen LogP contribution is 2.23. The Hall–Kier alpha value is -1.59. The molecule has 0 fully saturated rings. The van der Waals surface area contributed by atoms with Crippen molar-refractivity contribution in [3.63, 3.8) is 0 Å². The van der Waals surface area contributed by atoms with E-state index in [0.717, 1.165) is 27.2 Å². The van der Waals surface area contributed by atoms with Crippen LogP contribution >= 0.6 is 27.5 Å². The molecule has 3 heterocycles. The van der Waals surface area contributed by atoms with Crippen LogP contribution in [0.4, 0.5) is 5.69 Å². The van der Waals surface area contributed by atoms with Crippen LogP contribution in [0.15, 0.2) is 41.1 Å². The van der Waals surface area contributed by atoms with Crippen molar-refractivity contribution in [3.05, 3.63) is 57.7 Å². The molecule has 0 amide bonds. The molecule has 0 atom stereocenters. The predicted octanol–water partition coefficient (Wildman–Crippen LogP) is 4.07. The summed E-state index contributed by atoms with van der Waals surface area (Å²) in [6, 6.07) is 7.89. The molecule has 1 N–H and O–H groups in total. The molecule has 6 heteroatoms. The van der Waals surface area contributed by atoms with E-state index in [4.69, 9.17) is 11.6 Å². The van der Waals surface area contributed by atoms with E-state index in [0.29, 0.717) is 11.7 Å². The summed E-state index contributed by atoms with van der Waals surface area (Å²) in [6.45, 7) is 2.69. The monoisotopic (exact) mass is 350 g/mol. The molecule has 3 rings (SSSR count). The summed E-state index contributed by atoms with van der Waals surface area (Å²) in [7, 11) is 0. The third-order valence-electron chi connectivity index (χ3n) is 3.09. The van der Waals surface area contributed by atoms with Crippen LogP contribution < -0.4 is 5.32 Å². The first-order valence-electron chi connectivity index (χ1n) is 6.12. The van der Waals surface area contributed by atoms with Gasteiger partial charge in [-0.05, 0) is 41.1 Å². The highest BCUT2D eigenvalue weighted by atomic mass is 79.9. The van der Waals surface area contributed by atoms with E-state index >= 15 is 0 Å². The average Bonchev–Trinajstić information content (AvgIpc) is 2.76. The molecule has 3 aromatic heterocycles. The van der Waals surface area contributed by atoms with Crippen molar-refractivity contribution in [3.8, 4) is 0 Å². The first-order valence-corrected chi connectivity index (χ1v) is 7.30. The quantitative estimate of drug-likeness (QED) is 0.723. The zero-order chi connectivity index (χ0) is 14.1. The number of anilines is 1. The third-order valence-corrected chi connectivity index (χ3v) is 4.22. The number of imidazole rings is 1. The number of hydrogen-bond donors (Lipinski definition) is 1. The molecule has 0 unspecified atom stereocenters. The molecule has 4 nitrogen and oxygen atoms in total. The Morgan fingerprint density at radius 1 is 1.40 bits per heavy atom. The van der Waals surface area contributed by atoms with Crippen molar-refractivity contribution in [1.29, 1.82) is 0 Å². The van der Waals surface area contributed by atoms with E-state index in [-0.39, 0.29) is 0 Å². The Labute approximate surface area is 129 Å². The normalized spacial score (nSPS) is 10.9. The fourth-order valence-electron chi connectivity index (χ4n) is 2.08. The lowest BCUT2D eigenvalue weighted by Gasteiger charge is -2.08. The van der Waals surface area contributed by atoms with Crippen molar-refractivity contribution >= 4 is 38.9 Å². The Morgan fingerprint density at radius 2 is 2.25 bits per heavy atom. The molecule has 0 saturated carbocycles. The Balaban J connectivity index is 1.86. The lowest BCUT2D eigenvalue weighted by Crippen LogP contribution is -2.04. The smallest absolute Gasteiger partial charge is 0.143 e. The first kappa shape index (κ1) is 13.4. The van der Waals surface area contributed by atoms with Crippen LogP contribution in [-0.4, -0.2) is 14.4 Å². The van der Waals surface area contributed by atoms with Crippen LogP contribution in [0.2, 0.25) is 5.15 Å². The van der Waals surface area contributed by atoms with Crippen LogP contribution in [-0.2, 0) is 6.54 Å². The average molecular weight is 352 g/mol. The van der Waals surface area contributed by atoms with E-state index in [9.17, 15) is 0 Å². The van der Waals surface area contributed by atoms with Gasteiger partial charge in [0.25, 0.3) is 0 Å². The largest absolute Gasteiger partial charge is 0.378 e. The fraction of sp³-hybridized carbons (Fsp3) is 0.143. The number of fused-ring (bicyclic) bond motifs is 1. The van der Waals surface area contributed by atoms with Gasteiger partial charge < -0.3 is 9.72 Å². The molecule has 0 aliphatic carbocycles. The molecule has 0 aromatic carbocycles. The zero-order valence-corrected chi connectivity index (χ0v) is 13.1. The number of hydrogen-bond acceptors (Lipinski definition) is 3. The van der Waals surface area contributed by atoms with E-state index in [2.05, 4.69) is 35.6 Å². The van der Waals surface area contributed by atoms with Gasteiger partial charge in [-0.15, -0.1) is 0 Å². The van der Waals surface area contributed by atoms with Crippen molar-refractivity contribution in [2.75, 3.05) is 5.32 Å².